The number of hydrogen-bond acceptors (Lipinski definition) is 4. The summed E-state index contributed by atoms with van der Waals surface area (Å²) in [5.41, 5.74) is 0.809. The summed E-state index contributed by atoms with van der Waals surface area (Å²) in [4.78, 5) is 4.26. The van der Waals surface area contributed by atoms with Gasteiger partial charge >= 0.3 is 0 Å². The number of hydrogen-bond donors (Lipinski definition) is 2. The van der Waals surface area contributed by atoms with Crippen LogP contribution in [0.2, 0.25) is 5.02 Å². The van der Waals surface area contributed by atoms with Crippen molar-refractivity contribution in [3.63, 3.8) is 0 Å². The minimum Gasteiger partial charge on any atom is -0.372 e. The normalized spacial score (nSPS) is 19.9. The highest BCUT2D eigenvalue weighted by molar-refractivity contribution is 6.30. The molecule has 1 aromatic heterocycles. The van der Waals surface area contributed by atoms with Gasteiger partial charge in [0.05, 0.1) is 17.7 Å². The summed E-state index contributed by atoms with van der Waals surface area (Å²) >= 11 is 5.78. The molecular weight excluding hydrogens is 388 g/mol. The van der Waals surface area contributed by atoms with E-state index in [1.807, 2.05) is 24.3 Å². The maximum atomic E-state index is 13.8. The van der Waals surface area contributed by atoms with Gasteiger partial charge in [0.25, 0.3) is 0 Å². The van der Waals surface area contributed by atoms with Crippen molar-refractivity contribution in [1.82, 2.24) is 10.3 Å². The van der Waals surface area contributed by atoms with Crippen LogP contribution in [0.1, 0.15) is 11.7 Å². The minimum absolute atomic E-state index is 0. The number of nitrogens with zero attached hydrogens (tertiary/aromatic N) is 1. The monoisotopic (exact) mass is 407 g/mol. The van der Waals surface area contributed by atoms with E-state index in [1.54, 1.807) is 12.3 Å². The second-order valence-corrected chi connectivity index (χ2v) is 5.93. The van der Waals surface area contributed by atoms with Crippen LogP contribution < -0.4 is 10.6 Å². The number of pyridine rings is 1. The SMILES string of the molecule is Cl.Cl.Fc1cc([C@@H]2OCCNC[C@H]2CNc2ccccn2)ccc1Cl. The van der Waals surface area contributed by atoms with E-state index in [9.17, 15) is 4.39 Å². The van der Waals surface area contributed by atoms with Crippen molar-refractivity contribution in [1.29, 1.82) is 0 Å². The van der Waals surface area contributed by atoms with Gasteiger partial charge in [0.1, 0.15) is 11.6 Å². The molecular formula is C17H21Cl3FN3O. The molecule has 0 unspecified atom stereocenters. The van der Waals surface area contributed by atoms with Crippen LogP contribution in [0.15, 0.2) is 42.6 Å². The van der Waals surface area contributed by atoms with Crippen LogP contribution in [0.5, 0.6) is 0 Å². The summed E-state index contributed by atoms with van der Waals surface area (Å²) in [6.07, 6.45) is 1.56. The molecule has 2 heterocycles. The van der Waals surface area contributed by atoms with Crippen molar-refractivity contribution in [2.45, 2.75) is 6.10 Å². The lowest BCUT2D eigenvalue weighted by Crippen LogP contribution is -2.30. The van der Waals surface area contributed by atoms with Gasteiger partial charge in [-0.05, 0) is 29.8 Å². The number of ether oxygens (including phenoxy) is 1. The zero-order chi connectivity index (χ0) is 16.1. The van der Waals surface area contributed by atoms with E-state index in [0.717, 1.165) is 24.5 Å². The van der Waals surface area contributed by atoms with Crippen LogP contribution >= 0.6 is 36.4 Å². The fraction of sp³-hybridized carbons (Fsp3) is 0.353. The Bertz CT molecular complexity index is 648. The molecule has 0 saturated carbocycles. The van der Waals surface area contributed by atoms with Gasteiger partial charge in [0.15, 0.2) is 0 Å². The molecule has 1 saturated heterocycles. The highest BCUT2D eigenvalue weighted by Crippen LogP contribution is 2.30. The highest BCUT2D eigenvalue weighted by atomic mass is 35.5. The van der Waals surface area contributed by atoms with Crippen molar-refractivity contribution in [3.05, 3.63) is 59.0 Å². The lowest BCUT2D eigenvalue weighted by molar-refractivity contribution is 0.0342. The molecule has 2 aromatic rings. The van der Waals surface area contributed by atoms with Gasteiger partial charge in [0.2, 0.25) is 0 Å². The molecule has 8 heteroatoms. The summed E-state index contributed by atoms with van der Waals surface area (Å²) in [5, 5.41) is 6.80. The van der Waals surface area contributed by atoms with E-state index in [4.69, 9.17) is 16.3 Å². The Labute approximate surface area is 164 Å². The first kappa shape index (κ1) is 21.9. The van der Waals surface area contributed by atoms with E-state index >= 15 is 0 Å². The van der Waals surface area contributed by atoms with Crippen molar-refractivity contribution in [3.8, 4) is 0 Å². The highest BCUT2D eigenvalue weighted by Gasteiger charge is 2.26. The van der Waals surface area contributed by atoms with E-state index in [2.05, 4.69) is 15.6 Å². The van der Waals surface area contributed by atoms with Crippen LogP contribution in [0.3, 0.4) is 0 Å². The fourth-order valence-electron chi connectivity index (χ4n) is 2.73. The van der Waals surface area contributed by atoms with Crippen molar-refractivity contribution < 1.29 is 9.13 Å². The van der Waals surface area contributed by atoms with Crippen LogP contribution in [-0.4, -0.2) is 31.2 Å². The van der Waals surface area contributed by atoms with E-state index in [0.29, 0.717) is 13.2 Å². The fourth-order valence-corrected chi connectivity index (χ4v) is 2.85. The van der Waals surface area contributed by atoms with Gasteiger partial charge in [-0.15, -0.1) is 24.8 Å². The van der Waals surface area contributed by atoms with Gasteiger partial charge in [-0.2, -0.15) is 0 Å². The molecule has 4 nitrogen and oxygen atoms in total. The zero-order valence-corrected chi connectivity index (χ0v) is 15.8. The molecule has 3 rings (SSSR count). The van der Waals surface area contributed by atoms with Gasteiger partial charge in [-0.25, -0.2) is 9.37 Å². The number of rotatable bonds is 4. The Hall–Kier alpha value is -1.11. The van der Waals surface area contributed by atoms with Crippen LogP contribution in [0, 0.1) is 11.7 Å². The average molecular weight is 409 g/mol. The number of halogens is 4. The summed E-state index contributed by atoms with van der Waals surface area (Å²) in [6, 6.07) is 10.6. The smallest absolute Gasteiger partial charge is 0.142 e. The van der Waals surface area contributed by atoms with E-state index < -0.39 is 5.82 Å². The molecule has 1 fully saturated rings. The topological polar surface area (TPSA) is 46.2 Å². The standard InChI is InChI=1S/C17H19ClFN3O.2ClH/c18-14-5-4-12(9-15(14)19)17-13(10-20-7-8-23-17)11-22-16-3-1-2-6-21-16;;/h1-6,9,13,17,20H,7-8,10-11H2,(H,21,22);2*1H/t13-,17-;;/m0../s1. The lowest BCUT2D eigenvalue weighted by Gasteiger charge is -2.25. The molecule has 2 N–H and O–H groups in total. The zero-order valence-electron chi connectivity index (χ0n) is 13.5. The number of anilines is 1. The number of nitrogens with one attached hydrogen (secondary N) is 2. The van der Waals surface area contributed by atoms with Crippen LogP contribution in [-0.2, 0) is 4.74 Å². The predicted octanol–water partition coefficient (Wildman–Crippen LogP) is 4.11. The van der Waals surface area contributed by atoms with Crippen LogP contribution in [0.4, 0.5) is 10.2 Å². The van der Waals surface area contributed by atoms with Gasteiger partial charge in [0, 0.05) is 31.7 Å². The molecule has 25 heavy (non-hydrogen) atoms. The predicted molar refractivity (Wildman–Crippen MR) is 104 cm³/mol. The summed E-state index contributed by atoms with van der Waals surface area (Å²) in [7, 11) is 0. The van der Waals surface area contributed by atoms with Crippen molar-refractivity contribution >= 4 is 42.2 Å². The Balaban J connectivity index is 0.00000156. The molecule has 0 amide bonds. The average Bonchev–Trinajstić information content (AvgIpc) is 2.82. The third-order valence-electron chi connectivity index (χ3n) is 3.89. The third-order valence-corrected chi connectivity index (χ3v) is 4.20. The third kappa shape index (κ3) is 5.97. The molecule has 0 aliphatic carbocycles. The molecule has 0 spiro atoms. The summed E-state index contributed by atoms with van der Waals surface area (Å²) < 4.78 is 19.7. The van der Waals surface area contributed by atoms with E-state index in [-0.39, 0.29) is 41.9 Å². The lowest BCUT2D eigenvalue weighted by atomic mass is 9.95. The maximum Gasteiger partial charge on any atom is 0.142 e. The summed E-state index contributed by atoms with van der Waals surface area (Å²) in [5.74, 6) is 0.555. The molecule has 1 aliphatic rings. The Morgan fingerprint density at radius 2 is 2.12 bits per heavy atom. The maximum absolute atomic E-state index is 13.8. The van der Waals surface area contributed by atoms with Crippen molar-refractivity contribution in [2.24, 2.45) is 5.92 Å². The molecule has 1 aliphatic heterocycles. The molecule has 0 bridgehead atoms. The first-order chi connectivity index (χ1) is 11.2. The number of aromatic nitrogens is 1. The van der Waals surface area contributed by atoms with Gasteiger partial charge in [-0.1, -0.05) is 23.7 Å². The summed E-state index contributed by atoms with van der Waals surface area (Å²) in [6.45, 7) is 2.84. The molecule has 2 atom stereocenters. The van der Waals surface area contributed by atoms with E-state index in [1.165, 1.54) is 6.07 Å². The first-order valence-electron chi connectivity index (χ1n) is 7.66. The molecule has 0 radical (unpaired) electrons. The van der Waals surface area contributed by atoms with Crippen molar-refractivity contribution in [2.75, 3.05) is 31.6 Å². The Morgan fingerprint density at radius 1 is 1.28 bits per heavy atom. The largest absolute Gasteiger partial charge is 0.372 e. The quantitative estimate of drug-likeness (QED) is 0.799. The first-order valence-corrected chi connectivity index (χ1v) is 8.04. The second kappa shape index (κ2) is 10.8. The van der Waals surface area contributed by atoms with Crippen LogP contribution in [0.25, 0.3) is 0 Å². The minimum atomic E-state index is -0.415. The molecule has 1 aromatic carbocycles. The Kier molecular flexibility index (Phi) is 9.46. The van der Waals surface area contributed by atoms with Gasteiger partial charge < -0.3 is 15.4 Å². The Morgan fingerprint density at radius 3 is 2.84 bits per heavy atom. The van der Waals surface area contributed by atoms with Gasteiger partial charge in [-0.3, -0.25) is 0 Å². The second-order valence-electron chi connectivity index (χ2n) is 5.53. The number of benzene rings is 1. The molecule has 138 valence electrons.